The SMILES string of the molecule is CCC1CN(C(=O)C(C)N)CCN1CCOC.Cl. The Labute approximate surface area is 116 Å². The smallest absolute Gasteiger partial charge is 0.239 e. The normalized spacial score (nSPS) is 22.4. The molecule has 0 spiro atoms. The van der Waals surface area contributed by atoms with Gasteiger partial charge in [0.05, 0.1) is 12.6 Å². The van der Waals surface area contributed by atoms with E-state index in [0.717, 1.165) is 39.2 Å². The minimum absolute atomic E-state index is 0. The fourth-order valence-corrected chi connectivity index (χ4v) is 2.27. The molecule has 1 saturated heterocycles. The minimum Gasteiger partial charge on any atom is -0.383 e. The average molecular weight is 280 g/mol. The Morgan fingerprint density at radius 3 is 2.67 bits per heavy atom. The van der Waals surface area contributed by atoms with Crippen LogP contribution in [0.3, 0.4) is 0 Å². The lowest BCUT2D eigenvalue weighted by atomic mass is 10.1. The van der Waals surface area contributed by atoms with Gasteiger partial charge in [-0.3, -0.25) is 9.69 Å². The quantitative estimate of drug-likeness (QED) is 0.788. The van der Waals surface area contributed by atoms with E-state index in [4.69, 9.17) is 10.5 Å². The van der Waals surface area contributed by atoms with E-state index in [2.05, 4.69) is 11.8 Å². The van der Waals surface area contributed by atoms with Crippen molar-refractivity contribution < 1.29 is 9.53 Å². The molecule has 0 aromatic rings. The molecule has 0 aromatic carbocycles. The van der Waals surface area contributed by atoms with Gasteiger partial charge in [-0.15, -0.1) is 12.4 Å². The number of hydrogen-bond acceptors (Lipinski definition) is 4. The summed E-state index contributed by atoms with van der Waals surface area (Å²) in [4.78, 5) is 16.1. The van der Waals surface area contributed by atoms with Crippen LogP contribution in [0.5, 0.6) is 0 Å². The van der Waals surface area contributed by atoms with Crippen LogP contribution in [0.25, 0.3) is 0 Å². The number of rotatable bonds is 5. The maximum absolute atomic E-state index is 11.8. The van der Waals surface area contributed by atoms with Crippen LogP contribution < -0.4 is 5.73 Å². The molecule has 0 aromatic heterocycles. The Balaban J connectivity index is 0.00000289. The zero-order chi connectivity index (χ0) is 12.8. The second-order valence-electron chi connectivity index (χ2n) is 4.66. The van der Waals surface area contributed by atoms with E-state index < -0.39 is 6.04 Å². The highest BCUT2D eigenvalue weighted by atomic mass is 35.5. The van der Waals surface area contributed by atoms with Gasteiger partial charge in [-0.05, 0) is 13.3 Å². The van der Waals surface area contributed by atoms with Crippen LogP contribution in [-0.4, -0.2) is 67.7 Å². The number of nitrogens with two attached hydrogens (primary N) is 1. The van der Waals surface area contributed by atoms with E-state index in [1.165, 1.54) is 0 Å². The molecule has 0 saturated carbocycles. The zero-order valence-corrected chi connectivity index (χ0v) is 12.4. The number of piperazine rings is 1. The minimum atomic E-state index is -0.391. The molecule has 2 atom stereocenters. The number of carbonyl (C=O) groups excluding carboxylic acids is 1. The third-order valence-electron chi connectivity index (χ3n) is 3.36. The van der Waals surface area contributed by atoms with Crippen molar-refractivity contribution in [3.63, 3.8) is 0 Å². The van der Waals surface area contributed by atoms with Crippen molar-refractivity contribution in [2.24, 2.45) is 5.73 Å². The van der Waals surface area contributed by atoms with Gasteiger partial charge in [0.15, 0.2) is 0 Å². The summed E-state index contributed by atoms with van der Waals surface area (Å²) in [5.41, 5.74) is 5.64. The monoisotopic (exact) mass is 279 g/mol. The molecule has 5 nitrogen and oxygen atoms in total. The summed E-state index contributed by atoms with van der Waals surface area (Å²) in [7, 11) is 1.72. The molecule has 1 rings (SSSR count). The van der Waals surface area contributed by atoms with Gasteiger partial charge in [0.25, 0.3) is 0 Å². The number of carbonyl (C=O) groups is 1. The highest BCUT2D eigenvalue weighted by molar-refractivity contribution is 5.85. The van der Waals surface area contributed by atoms with Gasteiger partial charge >= 0.3 is 0 Å². The first kappa shape index (κ1) is 17.6. The number of ether oxygens (including phenoxy) is 1. The summed E-state index contributed by atoms with van der Waals surface area (Å²) in [6, 6.07) is 0.0413. The van der Waals surface area contributed by atoms with Crippen molar-refractivity contribution >= 4 is 18.3 Å². The molecule has 1 aliphatic rings. The van der Waals surface area contributed by atoms with Crippen LogP contribution >= 0.6 is 12.4 Å². The fourth-order valence-electron chi connectivity index (χ4n) is 2.27. The molecule has 6 heteroatoms. The number of halogens is 1. The maximum Gasteiger partial charge on any atom is 0.239 e. The topological polar surface area (TPSA) is 58.8 Å². The van der Waals surface area contributed by atoms with Gasteiger partial charge < -0.3 is 15.4 Å². The second-order valence-corrected chi connectivity index (χ2v) is 4.66. The molecule has 0 bridgehead atoms. The molecule has 1 amide bonds. The summed E-state index contributed by atoms with van der Waals surface area (Å²) in [5, 5.41) is 0. The third kappa shape index (κ3) is 4.72. The largest absolute Gasteiger partial charge is 0.383 e. The second kappa shape index (κ2) is 8.69. The number of amides is 1. The van der Waals surface area contributed by atoms with E-state index in [1.807, 2.05) is 4.90 Å². The molecule has 2 unspecified atom stereocenters. The van der Waals surface area contributed by atoms with E-state index in [-0.39, 0.29) is 18.3 Å². The molecule has 1 aliphatic heterocycles. The Morgan fingerprint density at radius 1 is 1.50 bits per heavy atom. The molecule has 0 aliphatic carbocycles. The predicted octanol–water partition coefficient (Wildman–Crippen LogP) is 0.325. The first-order valence-corrected chi connectivity index (χ1v) is 6.37. The van der Waals surface area contributed by atoms with Crippen LogP contribution in [0, 0.1) is 0 Å². The van der Waals surface area contributed by atoms with Crippen LogP contribution in [0.2, 0.25) is 0 Å². The van der Waals surface area contributed by atoms with Crippen LogP contribution in [-0.2, 0) is 9.53 Å². The van der Waals surface area contributed by atoms with E-state index in [1.54, 1.807) is 14.0 Å². The summed E-state index contributed by atoms with van der Waals surface area (Å²) in [6.45, 7) is 8.08. The van der Waals surface area contributed by atoms with Crippen LogP contribution in [0.4, 0.5) is 0 Å². The number of methoxy groups -OCH3 is 1. The summed E-state index contributed by atoms with van der Waals surface area (Å²) in [6.07, 6.45) is 1.05. The van der Waals surface area contributed by atoms with Crippen molar-refractivity contribution in [1.29, 1.82) is 0 Å². The van der Waals surface area contributed by atoms with Gasteiger partial charge in [-0.1, -0.05) is 6.92 Å². The summed E-state index contributed by atoms with van der Waals surface area (Å²) < 4.78 is 5.11. The van der Waals surface area contributed by atoms with Crippen molar-refractivity contribution in [1.82, 2.24) is 9.80 Å². The molecule has 1 heterocycles. The Kier molecular flexibility index (Phi) is 8.52. The third-order valence-corrected chi connectivity index (χ3v) is 3.36. The average Bonchev–Trinajstić information content (AvgIpc) is 2.35. The van der Waals surface area contributed by atoms with E-state index in [9.17, 15) is 4.79 Å². The Bertz CT molecular complexity index is 251. The standard InChI is InChI=1S/C12H25N3O2.ClH/c1-4-11-9-15(12(16)10(2)13)6-5-14(11)7-8-17-3;/h10-11H,4-9,13H2,1-3H3;1H. The lowest BCUT2D eigenvalue weighted by molar-refractivity contribution is -0.135. The van der Waals surface area contributed by atoms with Gasteiger partial charge in [0.1, 0.15) is 0 Å². The lowest BCUT2D eigenvalue weighted by Crippen LogP contribution is -2.57. The van der Waals surface area contributed by atoms with Crippen LogP contribution in [0.1, 0.15) is 20.3 Å². The van der Waals surface area contributed by atoms with Crippen LogP contribution in [0.15, 0.2) is 0 Å². The van der Waals surface area contributed by atoms with Crippen molar-refractivity contribution in [3.05, 3.63) is 0 Å². The molecule has 108 valence electrons. The Morgan fingerprint density at radius 2 is 2.17 bits per heavy atom. The van der Waals surface area contributed by atoms with Crippen molar-refractivity contribution in [3.8, 4) is 0 Å². The van der Waals surface area contributed by atoms with Crippen molar-refractivity contribution in [2.45, 2.75) is 32.4 Å². The molecular weight excluding hydrogens is 254 g/mol. The first-order chi connectivity index (χ1) is 8.10. The van der Waals surface area contributed by atoms with Gasteiger partial charge in [-0.25, -0.2) is 0 Å². The molecule has 18 heavy (non-hydrogen) atoms. The highest BCUT2D eigenvalue weighted by Gasteiger charge is 2.29. The fraction of sp³-hybridized carbons (Fsp3) is 0.917. The lowest BCUT2D eigenvalue weighted by Gasteiger charge is -2.41. The predicted molar refractivity (Wildman–Crippen MR) is 75.0 cm³/mol. The first-order valence-electron chi connectivity index (χ1n) is 6.37. The van der Waals surface area contributed by atoms with E-state index >= 15 is 0 Å². The Hall–Kier alpha value is -0.360. The molecule has 1 fully saturated rings. The maximum atomic E-state index is 11.8. The summed E-state index contributed by atoms with van der Waals surface area (Å²) in [5.74, 6) is 0.0647. The molecular formula is C12H26ClN3O2. The van der Waals surface area contributed by atoms with Gasteiger partial charge in [0, 0.05) is 39.3 Å². The van der Waals surface area contributed by atoms with Crippen molar-refractivity contribution in [2.75, 3.05) is 39.9 Å². The summed E-state index contributed by atoms with van der Waals surface area (Å²) >= 11 is 0. The van der Waals surface area contributed by atoms with Gasteiger partial charge in [-0.2, -0.15) is 0 Å². The van der Waals surface area contributed by atoms with Gasteiger partial charge in [0.2, 0.25) is 5.91 Å². The molecule has 0 radical (unpaired) electrons. The molecule has 2 N–H and O–H groups in total. The number of nitrogens with zero attached hydrogens (tertiary/aromatic N) is 2. The van der Waals surface area contributed by atoms with E-state index in [0.29, 0.717) is 6.04 Å². The number of hydrogen-bond donors (Lipinski definition) is 1. The highest BCUT2D eigenvalue weighted by Crippen LogP contribution is 2.13. The zero-order valence-electron chi connectivity index (χ0n) is 11.6.